The summed E-state index contributed by atoms with van der Waals surface area (Å²) in [6, 6.07) is 7.84. The summed E-state index contributed by atoms with van der Waals surface area (Å²) in [4.78, 5) is 1.99. The van der Waals surface area contributed by atoms with E-state index < -0.39 is 0 Å². The molecule has 1 aliphatic rings. The minimum absolute atomic E-state index is 0.137. The first-order chi connectivity index (χ1) is 9.54. The highest BCUT2D eigenvalue weighted by Crippen LogP contribution is 2.15. The van der Waals surface area contributed by atoms with Gasteiger partial charge in [0.05, 0.1) is 0 Å². The van der Waals surface area contributed by atoms with E-state index in [9.17, 15) is 0 Å². The molecule has 0 bridgehead atoms. The van der Waals surface area contributed by atoms with Crippen LogP contribution >= 0.6 is 0 Å². The molecule has 0 aliphatic carbocycles. The van der Waals surface area contributed by atoms with E-state index in [4.69, 9.17) is 10.8 Å². The van der Waals surface area contributed by atoms with E-state index in [1.807, 2.05) is 37.0 Å². The molecule has 106 valence electrons. The van der Waals surface area contributed by atoms with Gasteiger partial charge >= 0.3 is 0 Å². The summed E-state index contributed by atoms with van der Waals surface area (Å²) in [7, 11) is 2.03. The highest BCUT2D eigenvalue weighted by atomic mass is 15.3. The number of nitrogens with one attached hydrogen (secondary N) is 4. The van der Waals surface area contributed by atoms with Crippen molar-refractivity contribution in [2.24, 2.45) is 5.92 Å². The lowest BCUT2D eigenvalue weighted by atomic mass is 9.96. The lowest BCUT2D eigenvalue weighted by Gasteiger charge is -2.32. The van der Waals surface area contributed by atoms with Crippen molar-refractivity contribution in [3.8, 4) is 0 Å². The number of hydrogen-bond donors (Lipinski definition) is 4. The molecule has 1 heterocycles. The number of likely N-dealkylation sites (tertiary alicyclic amines) is 1. The Kier molecular flexibility index (Phi) is 4.66. The quantitative estimate of drug-likeness (QED) is 0.342. The molecule has 0 aromatic heterocycles. The second-order valence-corrected chi connectivity index (χ2v) is 5.51. The van der Waals surface area contributed by atoms with Gasteiger partial charge in [-0.1, -0.05) is 24.5 Å². The molecule has 1 aromatic rings. The maximum Gasteiger partial charge on any atom is 0.199 e. The van der Waals surface area contributed by atoms with Crippen molar-refractivity contribution in [1.29, 1.82) is 10.8 Å². The van der Waals surface area contributed by atoms with Gasteiger partial charge in [0.15, 0.2) is 11.9 Å². The zero-order chi connectivity index (χ0) is 14.5. The van der Waals surface area contributed by atoms with Gasteiger partial charge in [-0.3, -0.25) is 16.1 Å². The van der Waals surface area contributed by atoms with Gasteiger partial charge in [0, 0.05) is 18.8 Å². The molecule has 0 spiro atoms. The van der Waals surface area contributed by atoms with E-state index in [0.717, 1.165) is 37.5 Å². The fourth-order valence-corrected chi connectivity index (χ4v) is 2.24. The third-order valence-corrected chi connectivity index (χ3v) is 3.66. The molecular weight excluding hydrogens is 249 g/mol. The Bertz CT molecular complexity index is 477. The van der Waals surface area contributed by atoms with Gasteiger partial charge in [-0.2, -0.15) is 0 Å². The molecule has 0 saturated carbocycles. The van der Waals surface area contributed by atoms with E-state index in [0.29, 0.717) is 5.96 Å². The van der Waals surface area contributed by atoms with Crippen molar-refractivity contribution >= 4 is 30.9 Å². The molecule has 1 aromatic carbocycles. The van der Waals surface area contributed by atoms with Crippen LogP contribution in [0.1, 0.15) is 19.8 Å². The lowest BCUT2D eigenvalue weighted by Crippen LogP contribution is -2.48. The highest BCUT2D eigenvalue weighted by molar-refractivity contribution is 6.32. The van der Waals surface area contributed by atoms with Crippen molar-refractivity contribution in [2.45, 2.75) is 19.8 Å². The smallest absolute Gasteiger partial charge is 0.199 e. The van der Waals surface area contributed by atoms with Gasteiger partial charge < -0.3 is 10.2 Å². The van der Waals surface area contributed by atoms with Crippen LogP contribution < -0.4 is 16.1 Å². The minimum atomic E-state index is 0.137. The van der Waals surface area contributed by atoms with Crippen LogP contribution in [-0.2, 0) is 0 Å². The first kappa shape index (κ1) is 14.4. The van der Waals surface area contributed by atoms with Crippen molar-refractivity contribution in [1.82, 2.24) is 10.2 Å². The lowest BCUT2D eigenvalue weighted by molar-refractivity contribution is 0.275. The van der Waals surface area contributed by atoms with Crippen LogP contribution in [0.4, 0.5) is 5.69 Å². The van der Waals surface area contributed by atoms with Gasteiger partial charge in [0.25, 0.3) is 0 Å². The molecular formula is C14H22BN5. The Labute approximate surface area is 121 Å². The fourth-order valence-electron chi connectivity index (χ4n) is 2.24. The molecule has 0 atom stereocenters. The standard InChI is InChI=1S/C14H22BN5/c1-10-6-8-20(9-7-10)14(17)19-13(16)18-12-4-2-11(15)3-5-12/h2-5,10H,6-9,15H2,1H3,(H4,16,17,18,19). The fraction of sp³-hybridized carbons (Fsp3) is 0.429. The maximum absolute atomic E-state index is 8.01. The van der Waals surface area contributed by atoms with Crippen LogP contribution in [0.2, 0.25) is 0 Å². The average molecular weight is 271 g/mol. The molecule has 20 heavy (non-hydrogen) atoms. The Hall–Kier alpha value is -1.98. The Morgan fingerprint density at radius 3 is 2.40 bits per heavy atom. The van der Waals surface area contributed by atoms with E-state index in [-0.39, 0.29) is 5.96 Å². The van der Waals surface area contributed by atoms with Crippen molar-refractivity contribution < 1.29 is 0 Å². The summed E-state index contributed by atoms with van der Waals surface area (Å²) in [6.07, 6.45) is 2.23. The van der Waals surface area contributed by atoms with Crippen LogP contribution in [0, 0.1) is 16.7 Å². The number of hydrogen-bond acceptors (Lipinski definition) is 2. The van der Waals surface area contributed by atoms with E-state index >= 15 is 0 Å². The molecule has 0 amide bonds. The SMILES string of the molecule is Bc1ccc(NC(=N)NC(=N)N2CCC(C)CC2)cc1. The van der Waals surface area contributed by atoms with Gasteiger partial charge in [-0.25, -0.2) is 0 Å². The zero-order valence-corrected chi connectivity index (χ0v) is 12.2. The largest absolute Gasteiger partial charge is 0.343 e. The second-order valence-electron chi connectivity index (χ2n) is 5.51. The van der Waals surface area contributed by atoms with Crippen LogP contribution in [0.25, 0.3) is 0 Å². The number of anilines is 1. The number of nitrogens with zero attached hydrogens (tertiary/aromatic N) is 1. The number of rotatable bonds is 1. The first-order valence-electron chi connectivity index (χ1n) is 7.07. The zero-order valence-electron chi connectivity index (χ0n) is 12.2. The number of piperidine rings is 1. The Morgan fingerprint density at radius 1 is 1.20 bits per heavy atom. The van der Waals surface area contributed by atoms with Crippen LogP contribution in [0.15, 0.2) is 24.3 Å². The van der Waals surface area contributed by atoms with Crippen molar-refractivity contribution in [3.05, 3.63) is 24.3 Å². The van der Waals surface area contributed by atoms with Crippen LogP contribution in [0.3, 0.4) is 0 Å². The summed E-state index contributed by atoms with van der Waals surface area (Å²) in [5, 5.41) is 21.7. The van der Waals surface area contributed by atoms with Gasteiger partial charge in [-0.05, 0) is 30.9 Å². The molecule has 5 nitrogen and oxygen atoms in total. The summed E-state index contributed by atoms with van der Waals surface area (Å²) in [5.41, 5.74) is 2.04. The molecule has 6 heteroatoms. The third-order valence-electron chi connectivity index (χ3n) is 3.66. The van der Waals surface area contributed by atoms with Crippen LogP contribution in [0.5, 0.6) is 0 Å². The normalized spacial score (nSPS) is 15.8. The molecule has 0 radical (unpaired) electrons. The van der Waals surface area contributed by atoms with E-state index in [2.05, 4.69) is 17.6 Å². The van der Waals surface area contributed by atoms with Gasteiger partial charge in [0.2, 0.25) is 0 Å². The second kappa shape index (κ2) is 6.46. The van der Waals surface area contributed by atoms with E-state index in [1.54, 1.807) is 0 Å². The van der Waals surface area contributed by atoms with E-state index in [1.165, 1.54) is 5.46 Å². The Morgan fingerprint density at radius 2 is 1.80 bits per heavy atom. The predicted octanol–water partition coefficient (Wildman–Crippen LogP) is 0.548. The topological polar surface area (TPSA) is 75.0 Å². The molecule has 2 rings (SSSR count). The number of benzene rings is 1. The molecule has 0 unspecified atom stereocenters. The van der Waals surface area contributed by atoms with Gasteiger partial charge in [-0.15, -0.1) is 0 Å². The summed E-state index contributed by atoms with van der Waals surface area (Å²) >= 11 is 0. The maximum atomic E-state index is 8.01. The number of guanidine groups is 2. The Balaban J connectivity index is 1.82. The predicted molar refractivity (Wildman–Crippen MR) is 86.8 cm³/mol. The van der Waals surface area contributed by atoms with Gasteiger partial charge in [0.1, 0.15) is 7.85 Å². The summed E-state index contributed by atoms with van der Waals surface area (Å²) in [5.74, 6) is 1.18. The minimum Gasteiger partial charge on any atom is -0.343 e. The molecule has 1 fully saturated rings. The summed E-state index contributed by atoms with van der Waals surface area (Å²) in [6.45, 7) is 4.03. The highest BCUT2D eigenvalue weighted by Gasteiger charge is 2.18. The average Bonchev–Trinajstić information content (AvgIpc) is 2.42. The van der Waals surface area contributed by atoms with Crippen molar-refractivity contribution in [2.75, 3.05) is 18.4 Å². The molecule has 1 aliphatic heterocycles. The first-order valence-corrected chi connectivity index (χ1v) is 7.07. The van der Waals surface area contributed by atoms with Crippen LogP contribution in [-0.4, -0.2) is 37.8 Å². The third kappa shape index (κ3) is 4.01. The molecule has 1 saturated heterocycles. The summed E-state index contributed by atoms with van der Waals surface area (Å²) < 4.78 is 0. The van der Waals surface area contributed by atoms with Crippen molar-refractivity contribution in [3.63, 3.8) is 0 Å². The monoisotopic (exact) mass is 271 g/mol. The molecule has 4 N–H and O–H groups in total.